The van der Waals surface area contributed by atoms with Crippen LogP contribution in [-0.2, 0) is 11.2 Å². The number of aromatic nitrogens is 2. The molecule has 1 aliphatic heterocycles. The average molecular weight is 410 g/mol. The monoisotopic (exact) mass is 409 g/mol. The van der Waals surface area contributed by atoms with Crippen molar-refractivity contribution in [1.82, 2.24) is 10.2 Å². The van der Waals surface area contributed by atoms with Crippen molar-refractivity contribution in [3.63, 3.8) is 0 Å². The van der Waals surface area contributed by atoms with Crippen molar-refractivity contribution in [3.05, 3.63) is 37.6 Å². The number of thioether (sulfide) groups is 1. The highest BCUT2D eigenvalue weighted by Crippen LogP contribution is 2.43. The number of carbonyl (C=O) groups excluding carboxylic acids is 1. The Morgan fingerprint density at radius 3 is 2.58 bits per heavy atom. The predicted molar refractivity (Wildman–Crippen MR) is 105 cm³/mol. The van der Waals surface area contributed by atoms with Crippen molar-refractivity contribution in [2.75, 3.05) is 14.2 Å². The number of hydrogen-bond donors (Lipinski definition) is 1. The fraction of sp³-hybridized carbons (Fsp3) is 0.294. The minimum absolute atomic E-state index is 0.162. The molecule has 1 atom stereocenters. The van der Waals surface area contributed by atoms with Gasteiger partial charge < -0.3 is 9.47 Å². The Bertz CT molecular complexity index is 911. The Balaban J connectivity index is 1.95. The van der Waals surface area contributed by atoms with Gasteiger partial charge in [0.25, 0.3) is 0 Å². The van der Waals surface area contributed by atoms with Gasteiger partial charge in [-0.25, -0.2) is 0 Å². The zero-order chi connectivity index (χ0) is 18.8. The topological polar surface area (TPSA) is 85.2 Å². The van der Waals surface area contributed by atoms with E-state index < -0.39 is 5.92 Å². The van der Waals surface area contributed by atoms with Gasteiger partial charge in [0.2, 0.25) is 0 Å². The third-order valence-electron chi connectivity index (χ3n) is 3.81. The second-order valence-corrected chi connectivity index (χ2v) is 7.97. The van der Waals surface area contributed by atoms with Gasteiger partial charge in [0, 0.05) is 6.07 Å². The molecule has 2 heterocycles. The molecule has 1 unspecified atom stereocenters. The highest BCUT2D eigenvalue weighted by Gasteiger charge is 2.39. The van der Waals surface area contributed by atoms with Crippen LogP contribution in [0.1, 0.15) is 28.4 Å². The summed E-state index contributed by atoms with van der Waals surface area (Å²) in [4.78, 5) is 13.3. The Labute approximate surface area is 164 Å². The predicted octanol–water partition coefficient (Wildman–Crippen LogP) is 4.19. The number of ketones is 1. The molecule has 0 bridgehead atoms. The summed E-state index contributed by atoms with van der Waals surface area (Å²) in [5.41, 5.74) is 0.625. The minimum Gasteiger partial charge on any atom is -0.493 e. The molecule has 3 rings (SSSR count). The second kappa shape index (κ2) is 7.77. The van der Waals surface area contributed by atoms with Crippen LogP contribution >= 0.6 is 34.7 Å². The Hall–Kier alpha value is -1.90. The van der Waals surface area contributed by atoms with E-state index in [9.17, 15) is 4.79 Å². The third-order valence-corrected chi connectivity index (χ3v) is 6.26. The minimum atomic E-state index is -0.678. The van der Waals surface area contributed by atoms with E-state index >= 15 is 0 Å². The molecular formula is C17H16ClN3O3S2. The van der Waals surface area contributed by atoms with Crippen LogP contribution in [0.3, 0.4) is 0 Å². The number of methoxy groups -OCH3 is 2. The first-order chi connectivity index (χ1) is 12.5. The van der Waals surface area contributed by atoms with E-state index in [1.165, 1.54) is 25.6 Å². The lowest BCUT2D eigenvalue weighted by molar-refractivity contribution is -0.114. The average Bonchev–Trinajstić information content (AvgIpc) is 3.20. The number of nitrogens with zero attached hydrogens (tertiary/aromatic N) is 2. The molecule has 9 heteroatoms. The summed E-state index contributed by atoms with van der Waals surface area (Å²) in [6.45, 7) is 1.98. The maximum Gasteiger partial charge on any atom is 0.186 e. The molecule has 1 fully saturated rings. The van der Waals surface area contributed by atoms with Crippen LogP contribution in [0.2, 0.25) is 5.02 Å². The highest BCUT2D eigenvalue weighted by molar-refractivity contribution is 8.19. The molecule has 0 amide bonds. The zero-order valence-electron chi connectivity index (χ0n) is 14.3. The number of allylic oxidation sites excluding steroid dienone is 1. The van der Waals surface area contributed by atoms with Gasteiger partial charge in [-0.1, -0.05) is 30.3 Å². The lowest BCUT2D eigenvalue weighted by Crippen LogP contribution is -2.11. The first-order valence-electron chi connectivity index (χ1n) is 7.74. The van der Waals surface area contributed by atoms with Crippen LogP contribution < -0.4 is 9.47 Å². The molecule has 0 radical (unpaired) electrons. The molecule has 6 nitrogen and oxygen atoms in total. The molecule has 26 heavy (non-hydrogen) atoms. The van der Waals surface area contributed by atoms with Crippen molar-refractivity contribution in [3.8, 4) is 11.5 Å². The van der Waals surface area contributed by atoms with E-state index in [0.717, 1.165) is 23.2 Å². The lowest BCUT2D eigenvalue weighted by Gasteiger charge is -2.10. The first-order valence-corrected chi connectivity index (χ1v) is 9.75. The number of benzene rings is 1. The van der Waals surface area contributed by atoms with Crippen LogP contribution in [0.4, 0.5) is 0 Å². The summed E-state index contributed by atoms with van der Waals surface area (Å²) >= 11 is 8.80. The molecule has 0 saturated carbocycles. The maximum atomic E-state index is 12.8. The van der Waals surface area contributed by atoms with E-state index in [-0.39, 0.29) is 10.8 Å². The zero-order valence-corrected chi connectivity index (χ0v) is 16.7. The Morgan fingerprint density at radius 2 is 1.96 bits per heavy atom. The molecular weight excluding hydrogens is 394 g/mol. The number of halogens is 1. The van der Waals surface area contributed by atoms with Gasteiger partial charge in [-0.05, 0) is 24.1 Å². The summed E-state index contributed by atoms with van der Waals surface area (Å²) in [6.07, 6.45) is 2.43. The van der Waals surface area contributed by atoms with Crippen molar-refractivity contribution in [1.29, 1.82) is 5.41 Å². The number of aryl methyl sites for hydroxylation is 1. The van der Waals surface area contributed by atoms with Gasteiger partial charge in [-0.15, -0.1) is 21.5 Å². The fourth-order valence-electron chi connectivity index (χ4n) is 2.46. The van der Waals surface area contributed by atoms with Gasteiger partial charge in [-0.3, -0.25) is 10.2 Å². The second-order valence-electron chi connectivity index (χ2n) is 5.39. The standard InChI is InChI=1S/C17H16ClN3O3S2/c1-4-13-20-21-17(26-13)14-15(22)12(25-16(14)19)6-8-5-10(23-2)11(24-3)7-9(8)18/h5-7,14,19H,4H2,1-3H3. The van der Waals surface area contributed by atoms with Gasteiger partial charge >= 0.3 is 0 Å². The molecule has 0 aliphatic carbocycles. The maximum absolute atomic E-state index is 12.8. The van der Waals surface area contributed by atoms with Crippen LogP contribution in [0.15, 0.2) is 17.0 Å². The molecule has 2 aromatic rings. The summed E-state index contributed by atoms with van der Waals surface area (Å²) in [5.74, 6) is 0.187. The van der Waals surface area contributed by atoms with Crippen LogP contribution in [-0.4, -0.2) is 35.2 Å². The SMILES string of the molecule is CCc1nnc(C2C(=N)SC(=Cc3cc(OC)c(OC)cc3Cl)C2=O)s1. The van der Waals surface area contributed by atoms with Gasteiger partial charge in [0.05, 0.1) is 29.2 Å². The van der Waals surface area contributed by atoms with Gasteiger partial charge in [-0.2, -0.15) is 0 Å². The molecule has 1 saturated heterocycles. The van der Waals surface area contributed by atoms with E-state index in [4.69, 9.17) is 26.5 Å². The number of hydrogen-bond acceptors (Lipinski definition) is 8. The normalized spacial score (nSPS) is 18.6. The first kappa shape index (κ1) is 18.9. The van der Waals surface area contributed by atoms with Gasteiger partial charge in [0.1, 0.15) is 15.9 Å². The molecule has 1 aliphatic rings. The number of ether oxygens (including phenoxy) is 2. The Kier molecular flexibility index (Phi) is 5.64. The molecule has 136 valence electrons. The highest BCUT2D eigenvalue weighted by atomic mass is 35.5. The number of nitrogens with one attached hydrogen (secondary N) is 1. The Morgan fingerprint density at radius 1 is 1.27 bits per heavy atom. The van der Waals surface area contributed by atoms with E-state index in [1.807, 2.05) is 6.92 Å². The molecule has 1 N–H and O–H groups in total. The summed E-state index contributed by atoms with van der Waals surface area (Å²) < 4.78 is 10.5. The molecule has 0 spiro atoms. The van der Waals surface area contributed by atoms with Crippen molar-refractivity contribution >= 4 is 51.6 Å². The quantitative estimate of drug-likeness (QED) is 0.745. The van der Waals surface area contributed by atoms with Crippen LogP contribution in [0, 0.1) is 5.41 Å². The van der Waals surface area contributed by atoms with Crippen LogP contribution in [0.5, 0.6) is 11.5 Å². The van der Waals surface area contributed by atoms with Crippen molar-refractivity contribution in [2.24, 2.45) is 0 Å². The lowest BCUT2D eigenvalue weighted by atomic mass is 10.0. The summed E-state index contributed by atoms with van der Waals surface area (Å²) in [5, 5.41) is 18.4. The number of carbonyl (C=O) groups is 1. The van der Waals surface area contributed by atoms with Crippen LogP contribution in [0.25, 0.3) is 6.08 Å². The van der Waals surface area contributed by atoms with E-state index in [1.54, 1.807) is 18.2 Å². The summed E-state index contributed by atoms with van der Waals surface area (Å²) in [6, 6.07) is 3.34. The van der Waals surface area contributed by atoms with Crippen molar-refractivity contribution in [2.45, 2.75) is 19.3 Å². The van der Waals surface area contributed by atoms with E-state index in [2.05, 4.69) is 10.2 Å². The van der Waals surface area contributed by atoms with Gasteiger partial charge in [0.15, 0.2) is 17.3 Å². The smallest absolute Gasteiger partial charge is 0.186 e. The molecule has 1 aromatic carbocycles. The largest absolute Gasteiger partial charge is 0.493 e. The number of rotatable bonds is 5. The summed E-state index contributed by atoms with van der Waals surface area (Å²) in [7, 11) is 3.06. The van der Waals surface area contributed by atoms with E-state index in [0.29, 0.717) is 32.0 Å². The fourth-order valence-corrected chi connectivity index (χ4v) is 4.61. The number of Topliss-reactive ketones (excluding diaryl/α,β-unsaturated/α-hetero) is 1. The molecule has 1 aromatic heterocycles. The third kappa shape index (κ3) is 3.49. The van der Waals surface area contributed by atoms with Crippen molar-refractivity contribution < 1.29 is 14.3 Å².